The highest BCUT2D eigenvalue weighted by Crippen LogP contribution is 2.31. The molecule has 0 aliphatic heterocycles. The van der Waals surface area contributed by atoms with Gasteiger partial charge in [-0.2, -0.15) is 4.57 Å². The molecule has 1 heterocycles. The van der Waals surface area contributed by atoms with Crippen molar-refractivity contribution in [3.05, 3.63) is 177 Å². The second-order valence-corrected chi connectivity index (χ2v) is 18.1. The fraction of sp³-hybridized carbons (Fsp3) is 0.358. The molecule has 0 amide bonds. The maximum Gasteiger partial charge on any atom is 0.200 e. The Morgan fingerprint density at radius 3 is 0.895 bits per heavy atom. The first-order valence-electron chi connectivity index (χ1n) is 24.2. The van der Waals surface area contributed by atoms with Crippen LogP contribution in [-0.2, 0) is 13.0 Å². The van der Waals surface area contributed by atoms with E-state index in [0.717, 1.165) is 13.0 Å². The molecule has 76 heavy (non-hydrogen) atoms. The fourth-order valence-corrected chi connectivity index (χ4v) is 9.23. The summed E-state index contributed by atoms with van der Waals surface area (Å²) < 4.78 is 296. The SMILES string of the molecule is CCCCCCCCCCCCCCCCCCc1c[n+](Cc2ccccc2)ccn1.Fc1c(F)c(F)c([B-](c2c(F)c(F)c(F)c(F)c2F)(c2c(F)c(F)c(F)c(F)c2F)c2c(F)c(F)c(F)c(F)c2F)c(F)c1F. The summed E-state index contributed by atoms with van der Waals surface area (Å²) >= 11 is 0. The van der Waals surface area contributed by atoms with Gasteiger partial charge in [-0.25, -0.2) is 92.8 Å². The summed E-state index contributed by atoms with van der Waals surface area (Å²) in [5, 5.41) is 0. The van der Waals surface area contributed by atoms with Crippen LogP contribution in [0.25, 0.3) is 0 Å². The molecule has 0 bridgehead atoms. The van der Waals surface area contributed by atoms with E-state index >= 15 is 35.1 Å². The molecule has 6 aromatic rings. The van der Waals surface area contributed by atoms with E-state index in [2.05, 4.69) is 59.2 Å². The zero-order valence-corrected chi connectivity index (χ0v) is 40.4. The highest BCUT2D eigenvalue weighted by Gasteiger charge is 2.52. The first-order chi connectivity index (χ1) is 36.1. The van der Waals surface area contributed by atoms with Crippen molar-refractivity contribution in [2.24, 2.45) is 0 Å². The molecule has 2 nitrogen and oxygen atoms in total. The van der Waals surface area contributed by atoms with Crippen LogP contribution in [0, 0.1) is 116 Å². The van der Waals surface area contributed by atoms with Gasteiger partial charge in [-0.1, -0.05) is 134 Å². The number of rotatable bonds is 23. The molecule has 23 heteroatoms. The second-order valence-electron chi connectivity index (χ2n) is 18.1. The molecular weight excluding hydrogens is 1060 g/mol. The molecule has 0 unspecified atom stereocenters. The Morgan fingerprint density at radius 1 is 0.342 bits per heavy atom. The molecular formula is C53H47BF20N2. The molecule has 0 spiro atoms. The number of hydrogen-bond donors (Lipinski definition) is 0. The highest BCUT2D eigenvalue weighted by atomic mass is 19.2. The summed E-state index contributed by atoms with van der Waals surface area (Å²) in [6.07, 6.45) is 22.9. The third-order valence-electron chi connectivity index (χ3n) is 13.0. The van der Waals surface area contributed by atoms with Gasteiger partial charge >= 0.3 is 0 Å². The quantitative estimate of drug-likeness (QED) is 0.0156. The Morgan fingerprint density at radius 2 is 0.605 bits per heavy atom. The van der Waals surface area contributed by atoms with Crippen molar-refractivity contribution >= 4 is 28.0 Å². The molecule has 0 radical (unpaired) electrons. The van der Waals surface area contributed by atoms with Crippen molar-refractivity contribution in [2.45, 2.75) is 123 Å². The lowest BCUT2D eigenvalue weighted by molar-refractivity contribution is -0.689. The Balaban J connectivity index is 0.000000301. The van der Waals surface area contributed by atoms with Crippen LogP contribution in [0.2, 0.25) is 0 Å². The number of unbranched alkanes of at least 4 members (excludes halogenated alkanes) is 15. The van der Waals surface area contributed by atoms with Crippen LogP contribution in [-0.4, -0.2) is 11.1 Å². The largest absolute Gasteiger partial charge is 0.249 e. The number of nitrogens with zero attached hydrogens (tertiary/aromatic N) is 2. The maximum absolute atomic E-state index is 15.4. The number of hydrogen-bond acceptors (Lipinski definition) is 1. The normalized spacial score (nSPS) is 11.6. The van der Waals surface area contributed by atoms with Gasteiger partial charge in [0.15, 0.2) is 88.7 Å². The van der Waals surface area contributed by atoms with Crippen LogP contribution in [0.5, 0.6) is 0 Å². The molecule has 412 valence electrons. The third-order valence-corrected chi connectivity index (χ3v) is 13.0. The van der Waals surface area contributed by atoms with Crippen LogP contribution in [0.3, 0.4) is 0 Å². The van der Waals surface area contributed by atoms with Crippen LogP contribution in [0.4, 0.5) is 87.8 Å². The number of benzene rings is 5. The van der Waals surface area contributed by atoms with E-state index in [0.29, 0.717) is 0 Å². The highest BCUT2D eigenvalue weighted by molar-refractivity contribution is 7.20. The molecule has 0 saturated carbocycles. The van der Waals surface area contributed by atoms with E-state index in [4.69, 9.17) is 0 Å². The van der Waals surface area contributed by atoms with Crippen molar-refractivity contribution in [1.29, 1.82) is 0 Å². The molecule has 5 aromatic carbocycles. The van der Waals surface area contributed by atoms with E-state index in [1.54, 1.807) is 0 Å². The summed E-state index contributed by atoms with van der Waals surface area (Å²) in [5.74, 6) is -71.4. The van der Waals surface area contributed by atoms with E-state index in [-0.39, 0.29) is 0 Å². The summed E-state index contributed by atoms with van der Waals surface area (Å²) in [5.41, 5.74) is -11.8. The number of aromatic nitrogens is 2. The zero-order valence-electron chi connectivity index (χ0n) is 40.4. The van der Waals surface area contributed by atoms with Crippen LogP contribution in [0.15, 0.2) is 48.9 Å². The zero-order chi connectivity index (χ0) is 56.2. The summed E-state index contributed by atoms with van der Waals surface area (Å²) in [6, 6.07) is 10.7. The molecule has 0 aliphatic carbocycles. The van der Waals surface area contributed by atoms with Crippen LogP contribution >= 0.6 is 0 Å². The van der Waals surface area contributed by atoms with Gasteiger partial charge in [0, 0.05) is 5.56 Å². The summed E-state index contributed by atoms with van der Waals surface area (Å²) in [4.78, 5) is 4.57. The first-order valence-corrected chi connectivity index (χ1v) is 24.2. The van der Waals surface area contributed by atoms with Gasteiger partial charge in [0.25, 0.3) is 0 Å². The smallest absolute Gasteiger partial charge is 0.200 e. The van der Waals surface area contributed by atoms with Gasteiger partial charge in [-0.15, -0.1) is 21.9 Å². The van der Waals surface area contributed by atoms with Crippen molar-refractivity contribution in [1.82, 2.24) is 4.98 Å². The van der Waals surface area contributed by atoms with E-state index in [1.165, 1.54) is 114 Å². The lowest BCUT2D eigenvalue weighted by Crippen LogP contribution is -2.81. The summed E-state index contributed by atoms with van der Waals surface area (Å²) in [7, 11) is 0. The number of halogens is 20. The average molecular weight is 1100 g/mol. The Kier molecular flexibility index (Phi) is 21.8. The van der Waals surface area contributed by atoms with Crippen LogP contribution in [0.1, 0.15) is 121 Å². The second kappa shape index (κ2) is 27.2. The fourth-order valence-electron chi connectivity index (χ4n) is 9.23. The van der Waals surface area contributed by atoms with E-state index in [9.17, 15) is 52.7 Å². The lowest BCUT2D eigenvalue weighted by atomic mass is 9.12. The first kappa shape index (κ1) is 60.7. The molecule has 0 saturated heterocycles. The van der Waals surface area contributed by atoms with Gasteiger partial charge in [0.05, 0.1) is 6.20 Å². The van der Waals surface area contributed by atoms with Crippen molar-refractivity contribution < 1.29 is 92.4 Å². The topological polar surface area (TPSA) is 16.8 Å². The van der Waals surface area contributed by atoms with Crippen molar-refractivity contribution in [2.75, 3.05) is 0 Å². The Labute approximate surface area is 423 Å². The Hall–Kier alpha value is -6.16. The monoisotopic (exact) mass is 1100 g/mol. The number of aryl methyl sites for hydroxylation is 1. The van der Waals surface area contributed by atoms with E-state index in [1.807, 2.05) is 6.20 Å². The minimum Gasteiger partial charge on any atom is -0.249 e. The standard InChI is InChI=1S/C29H47N2.C24BF20/c1-2-3-4-5-6-7-8-9-10-11-12-13-14-15-16-20-23-29-27-31(25-24-30-29)26-28-21-18-17-19-22-28;26-5-1(6(27)14(35)21(42)13(5)34)25(2-7(28)15(36)22(43)16(37)8(2)29,3-9(30)17(38)23(44)18(39)10(3)31)4-11(32)19(40)24(45)20(41)12(4)33/h17-19,21-22,24-25,27H,2-16,20,23,26H2,1H3;/q+1;-1. The summed E-state index contributed by atoms with van der Waals surface area (Å²) in [6.45, 7) is 3.22. The predicted octanol–water partition coefficient (Wildman–Crippen LogP) is 14.1. The average Bonchev–Trinajstić information content (AvgIpc) is 3.41. The van der Waals surface area contributed by atoms with Crippen LogP contribution < -0.4 is 26.4 Å². The van der Waals surface area contributed by atoms with Gasteiger partial charge in [0.2, 0.25) is 0 Å². The molecule has 0 fully saturated rings. The predicted molar refractivity (Wildman–Crippen MR) is 242 cm³/mol. The molecule has 6 rings (SSSR count). The van der Waals surface area contributed by atoms with Gasteiger partial charge in [-0.3, -0.25) is 0 Å². The van der Waals surface area contributed by atoms with Crippen molar-refractivity contribution in [3.63, 3.8) is 0 Å². The molecule has 0 N–H and O–H groups in total. The van der Waals surface area contributed by atoms with Gasteiger partial charge in [-0.05, 0) is 12.8 Å². The molecule has 0 atom stereocenters. The third kappa shape index (κ3) is 12.8. The van der Waals surface area contributed by atoms with Crippen molar-refractivity contribution in [3.8, 4) is 0 Å². The Bertz CT molecular complexity index is 2590. The van der Waals surface area contributed by atoms with Gasteiger partial charge in [0.1, 0.15) is 58.4 Å². The molecule has 1 aromatic heterocycles. The minimum atomic E-state index is -7.22. The van der Waals surface area contributed by atoms with E-state index < -0.39 is 144 Å². The maximum atomic E-state index is 15.4. The molecule has 0 aliphatic rings. The van der Waals surface area contributed by atoms with Gasteiger partial charge < -0.3 is 0 Å². The minimum absolute atomic E-state index is 0.926. The lowest BCUT2D eigenvalue weighted by Gasteiger charge is -2.44.